The van der Waals surface area contributed by atoms with E-state index >= 15 is 0 Å². The molecule has 1 aromatic carbocycles. The molecule has 136 valence electrons. The van der Waals surface area contributed by atoms with Crippen molar-refractivity contribution in [3.05, 3.63) is 24.3 Å². The van der Waals surface area contributed by atoms with Crippen molar-refractivity contribution in [3.63, 3.8) is 0 Å². The summed E-state index contributed by atoms with van der Waals surface area (Å²) >= 11 is 5.17. The third-order valence-corrected chi connectivity index (χ3v) is 4.07. The Balaban J connectivity index is 2.09. The Labute approximate surface area is 153 Å². The van der Waals surface area contributed by atoms with Gasteiger partial charge in [-0.05, 0) is 38.0 Å². The minimum atomic E-state index is 0.137. The number of para-hydroxylation sites is 1. The zero-order valence-corrected chi connectivity index (χ0v) is 15.7. The lowest BCUT2D eigenvalue weighted by Crippen LogP contribution is -2.21. The number of azo groups is 1. The number of hydrogen-bond acceptors (Lipinski definition) is 4. The lowest BCUT2D eigenvalue weighted by molar-refractivity contribution is 0.146. The third kappa shape index (κ3) is 5.24. The summed E-state index contributed by atoms with van der Waals surface area (Å²) in [4.78, 5) is 0. The highest BCUT2D eigenvalue weighted by Gasteiger charge is 2.15. The molecule has 2 N–H and O–H groups in total. The fourth-order valence-corrected chi connectivity index (χ4v) is 2.70. The van der Waals surface area contributed by atoms with Crippen LogP contribution in [0, 0.1) is 0 Å². The lowest BCUT2D eigenvalue weighted by atomic mass is 10.2. The number of aromatic hydroxyl groups is 1. The van der Waals surface area contributed by atoms with E-state index in [2.05, 4.69) is 22.5 Å². The van der Waals surface area contributed by atoms with Crippen molar-refractivity contribution in [1.29, 1.82) is 0 Å². The average Bonchev–Trinajstić information content (AvgIpc) is 2.89. The Morgan fingerprint density at radius 3 is 2.84 bits per heavy atom. The van der Waals surface area contributed by atoms with Crippen molar-refractivity contribution in [2.45, 2.75) is 39.7 Å². The standard InChI is InChI=1S/C18H26N4O2S/c1-3-5-12-22-15-10-7-6-9-14(15)16(17(22)23)20-21-18(25)19-11-8-13-24-4-2/h6-7,9-10,23H,3-5,8,11-13H2,1-2H3,(H,19,25). The van der Waals surface area contributed by atoms with Crippen molar-refractivity contribution in [1.82, 2.24) is 9.88 Å². The van der Waals surface area contributed by atoms with Gasteiger partial charge in [0.2, 0.25) is 11.0 Å². The van der Waals surface area contributed by atoms with E-state index in [9.17, 15) is 5.11 Å². The van der Waals surface area contributed by atoms with Crippen LogP contribution < -0.4 is 5.32 Å². The first-order chi connectivity index (χ1) is 12.2. The molecule has 7 heteroatoms. The van der Waals surface area contributed by atoms with E-state index < -0.39 is 0 Å². The van der Waals surface area contributed by atoms with Gasteiger partial charge in [-0.3, -0.25) is 0 Å². The van der Waals surface area contributed by atoms with Crippen molar-refractivity contribution in [2.75, 3.05) is 19.8 Å². The second-order valence-corrected chi connectivity index (χ2v) is 6.06. The molecule has 0 aliphatic carbocycles. The number of hydrogen-bond donors (Lipinski definition) is 2. The van der Waals surface area contributed by atoms with Crippen LogP contribution in [0.4, 0.5) is 5.69 Å². The van der Waals surface area contributed by atoms with Gasteiger partial charge < -0.3 is 19.7 Å². The Hall–Kier alpha value is -1.99. The van der Waals surface area contributed by atoms with Crippen molar-refractivity contribution >= 4 is 33.9 Å². The van der Waals surface area contributed by atoms with E-state index in [4.69, 9.17) is 17.0 Å². The first-order valence-electron chi connectivity index (χ1n) is 8.76. The minimum absolute atomic E-state index is 0.137. The Morgan fingerprint density at radius 2 is 2.08 bits per heavy atom. The summed E-state index contributed by atoms with van der Waals surface area (Å²) in [6.45, 7) is 6.93. The Morgan fingerprint density at radius 1 is 1.28 bits per heavy atom. The number of nitrogens with one attached hydrogen (secondary N) is 1. The van der Waals surface area contributed by atoms with Crippen molar-refractivity contribution in [2.24, 2.45) is 10.2 Å². The van der Waals surface area contributed by atoms with Crippen LogP contribution >= 0.6 is 12.2 Å². The molecule has 6 nitrogen and oxygen atoms in total. The molecule has 0 radical (unpaired) electrons. The molecule has 0 aliphatic rings. The van der Waals surface area contributed by atoms with Crippen molar-refractivity contribution in [3.8, 4) is 5.88 Å². The lowest BCUT2D eigenvalue weighted by Gasteiger charge is -2.05. The number of benzene rings is 1. The number of aromatic nitrogens is 1. The van der Waals surface area contributed by atoms with E-state index in [0.29, 0.717) is 30.6 Å². The number of thiocarbonyl (C=S) groups is 1. The van der Waals surface area contributed by atoms with Gasteiger partial charge in [-0.25, -0.2) is 0 Å². The van der Waals surface area contributed by atoms with Gasteiger partial charge in [0.05, 0.1) is 5.52 Å². The first-order valence-corrected chi connectivity index (χ1v) is 9.17. The second-order valence-electron chi connectivity index (χ2n) is 5.68. The maximum absolute atomic E-state index is 10.6. The Kier molecular flexibility index (Phi) is 7.81. The van der Waals surface area contributed by atoms with Gasteiger partial charge in [0, 0.05) is 31.7 Å². The molecule has 2 aromatic rings. The van der Waals surface area contributed by atoms with Gasteiger partial charge in [-0.15, -0.1) is 10.2 Å². The highest BCUT2D eigenvalue weighted by molar-refractivity contribution is 7.80. The molecule has 0 unspecified atom stereocenters. The maximum Gasteiger partial charge on any atom is 0.220 e. The predicted octanol–water partition coefficient (Wildman–Crippen LogP) is 4.53. The van der Waals surface area contributed by atoms with Crippen LogP contribution in [0.3, 0.4) is 0 Å². The van der Waals surface area contributed by atoms with Gasteiger partial charge in [0.25, 0.3) is 0 Å². The number of nitrogens with zero attached hydrogens (tertiary/aromatic N) is 3. The maximum atomic E-state index is 10.6. The molecule has 0 saturated heterocycles. The topological polar surface area (TPSA) is 71.1 Å². The summed E-state index contributed by atoms with van der Waals surface area (Å²) in [5.41, 5.74) is 1.42. The Bertz CT molecular complexity index is 727. The molecule has 25 heavy (non-hydrogen) atoms. The van der Waals surface area contributed by atoms with Gasteiger partial charge >= 0.3 is 0 Å². The van der Waals surface area contributed by atoms with E-state index in [0.717, 1.165) is 36.7 Å². The third-order valence-electron chi connectivity index (χ3n) is 3.84. The van der Waals surface area contributed by atoms with E-state index in [1.807, 2.05) is 35.8 Å². The zero-order chi connectivity index (χ0) is 18.1. The van der Waals surface area contributed by atoms with Gasteiger partial charge in [-0.2, -0.15) is 0 Å². The van der Waals surface area contributed by atoms with Crippen LogP contribution in [0.2, 0.25) is 0 Å². The first kappa shape index (κ1) is 19.3. The summed E-state index contributed by atoms with van der Waals surface area (Å²) in [6, 6.07) is 7.80. The molecule has 0 spiro atoms. The van der Waals surface area contributed by atoms with Crippen LogP contribution in [0.15, 0.2) is 34.5 Å². The number of fused-ring (bicyclic) bond motifs is 1. The molecule has 1 heterocycles. The summed E-state index contributed by atoms with van der Waals surface area (Å²) < 4.78 is 7.15. The molecule has 0 amide bonds. The second kappa shape index (κ2) is 10.1. The number of rotatable bonds is 9. The van der Waals surface area contributed by atoms with E-state index in [1.54, 1.807) is 0 Å². The number of aryl methyl sites for hydroxylation is 1. The van der Waals surface area contributed by atoms with Gasteiger partial charge in [0.1, 0.15) is 0 Å². The summed E-state index contributed by atoms with van der Waals surface area (Å²) in [5.74, 6) is 0.137. The molecule has 0 fully saturated rings. The largest absolute Gasteiger partial charge is 0.493 e. The van der Waals surface area contributed by atoms with Crippen LogP contribution in [0.1, 0.15) is 33.1 Å². The molecule has 0 saturated carbocycles. The molecule has 2 rings (SSSR count). The monoisotopic (exact) mass is 362 g/mol. The molecular weight excluding hydrogens is 336 g/mol. The SMILES string of the molecule is CCCCn1c(O)c(N=NC(=S)NCCCOCC)c2ccccc21. The van der Waals surface area contributed by atoms with Crippen LogP contribution in [0.5, 0.6) is 5.88 Å². The smallest absolute Gasteiger partial charge is 0.220 e. The minimum Gasteiger partial charge on any atom is -0.493 e. The normalized spacial score (nSPS) is 11.4. The quantitative estimate of drug-likeness (QED) is 0.390. The van der Waals surface area contributed by atoms with Crippen molar-refractivity contribution < 1.29 is 9.84 Å². The summed E-state index contributed by atoms with van der Waals surface area (Å²) in [6.07, 6.45) is 2.90. The molecule has 0 aliphatic heterocycles. The summed E-state index contributed by atoms with van der Waals surface area (Å²) in [5, 5.41) is 23.0. The van der Waals surface area contributed by atoms with Crippen LogP contribution in [-0.4, -0.2) is 34.5 Å². The molecule has 1 aromatic heterocycles. The van der Waals surface area contributed by atoms with Crippen LogP contribution in [-0.2, 0) is 11.3 Å². The highest BCUT2D eigenvalue weighted by Crippen LogP contribution is 2.38. The van der Waals surface area contributed by atoms with Gasteiger partial charge in [0.15, 0.2) is 5.69 Å². The average molecular weight is 362 g/mol. The fraction of sp³-hybridized carbons (Fsp3) is 0.500. The van der Waals surface area contributed by atoms with E-state index in [-0.39, 0.29) is 5.88 Å². The summed E-state index contributed by atoms with van der Waals surface area (Å²) in [7, 11) is 0. The molecule has 0 bridgehead atoms. The van der Waals surface area contributed by atoms with Crippen LogP contribution in [0.25, 0.3) is 10.9 Å². The molecular formula is C18H26N4O2S. The zero-order valence-electron chi connectivity index (χ0n) is 14.9. The van der Waals surface area contributed by atoms with Gasteiger partial charge in [-0.1, -0.05) is 31.5 Å². The highest BCUT2D eigenvalue weighted by atomic mass is 32.1. The molecule has 0 atom stereocenters. The fourth-order valence-electron chi connectivity index (χ4n) is 2.56. The van der Waals surface area contributed by atoms with E-state index in [1.165, 1.54) is 0 Å². The predicted molar refractivity (Wildman–Crippen MR) is 105 cm³/mol. The number of ether oxygens (including phenoxy) is 1. The number of unbranched alkanes of at least 4 members (excludes halogenated alkanes) is 1.